The van der Waals surface area contributed by atoms with Crippen LogP contribution in [0.25, 0.3) is 0 Å². The monoisotopic (exact) mass is 687 g/mol. The van der Waals surface area contributed by atoms with Gasteiger partial charge in [0.05, 0.1) is 0 Å². The molecule has 0 saturated heterocycles. The Bertz CT molecular complexity index is 1600. The summed E-state index contributed by atoms with van der Waals surface area (Å²) in [7, 11) is 0. The second-order valence-electron chi connectivity index (χ2n) is 14.6. The molecule has 3 N–H and O–H groups in total. The zero-order valence-corrected chi connectivity index (χ0v) is 30.8. The molecule has 3 aromatic carbocycles. The standard InChI is InChI=1S/C40H53N3O7/c1-10-27(3)43(36(46)31(24-28-19-13-11-14-20-28)42-38(48)50-40(7,8)9)33(30-23-17-18-26(2)34(30)44)35(45)41-32(37(47)49-39(4,5)6)25-29-21-15-12-16-22-29/h11-23,27,31-33,44H,10,24-25H2,1-9H3,(H,41,45)(H,42,48). The lowest BCUT2D eigenvalue weighted by Gasteiger charge is -2.39. The fraction of sp³-hybridized carbons (Fsp3) is 0.450. The third kappa shape index (κ3) is 11.6. The summed E-state index contributed by atoms with van der Waals surface area (Å²) < 4.78 is 11.3. The molecule has 0 aliphatic rings. The van der Waals surface area contributed by atoms with Crippen LogP contribution < -0.4 is 10.6 Å². The van der Waals surface area contributed by atoms with Gasteiger partial charge in [0.1, 0.15) is 35.1 Å². The van der Waals surface area contributed by atoms with Crippen molar-refractivity contribution in [2.45, 2.75) is 117 Å². The molecule has 3 aromatic rings. The molecule has 0 aromatic heterocycles. The van der Waals surface area contributed by atoms with Gasteiger partial charge in [-0.1, -0.05) is 85.8 Å². The number of rotatable bonds is 13. The average Bonchev–Trinajstić information content (AvgIpc) is 3.03. The van der Waals surface area contributed by atoms with Crippen molar-refractivity contribution in [3.63, 3.8) is 0 Å². The Hall–Kier alpha value is -4.86. The van der Waals surface area contributed by atoms with Crippen LogP contribution in [-0.2, 0) is 36.7 Å². The molecule has 0 aliphatic heterocycles. The summed E-state index contributed by atoms with van der Waals surface area (Å²) in [6.45, 7) is 15.8. The average molecular weight is 688 g/mol. The van der Waals surface area contributed by atoms with E-state index in [-0.39, 0.29) is 24.2 Å². The van der Waals surface area contributed by atoms with Crippen molar-refractivity contribution in [2.24, 2.45) is 0 Å². The lowest BCUT2D eigenvalue weighted by molar-refractivity contribution is -0.159. The zero-order valence-electron chi connectivity index (χ0n) is 30.8. The quantitative estimate of drug-likeness (QED) is 0.173. The third-order valence-corrected chi connectivity index (χ3v) is 7.97. The Balaban J connectivity index is 2.16. The van der Waals surface area contributed by atoms with Crippen molar-refractivity contribution in [1.82, 2.24) is 15.5 Å². The minimum absolute atomic E-state index is 0.106. The van der Waals surface area contributed by atoms with Crippen LogP contribution in [0.1, 0.15) is 90.1 Å². The number of carbonyl (C=O) groups excluding carboxylic acids is 4. The number of benzene rings is 3. The molecule has 0 fully saturated rings. The summed E-state index contributed by atoms with van der Waals surface area (Å²) in [4.78, 5) is 57.7. The van der Waals surface area contributed by atoms with Crippen molar-refractivity contribution in [3.8, 4) is 5.75 Å². The van der Waals surface area contributed by atoms with Crippen molar-refractivity contribution >= 4 is 23.9 Å². The number of para-hydroxylation sites is 1. The van der Waals surface area contributed by atoms with E-state index in [0.717, 1.165) is 11.1 Å². The van der Waals surface area contributed by atoms with Gasteiger partial charge in [-0.05, 0) is 78.5 Å². The second-order valence-corrected chi connectivity index (χ2v) is 14.6. The van der Waals surface area contributed by atoms with Gasteiger partial charge in [0.25, 0.3) is 0 Å². The Labute approximate surface area is 296 Å². The van der Waals surface area contributed by atoms with E-state index in [2.05, 4.69) is 10.6 Å². The van der Waals surface area contributed by atoms with Crippen molar-refractivity contribution < 1.29 is 33.8 Å². The smallest absolute Gasteiger partial charge is 0.408 e. The fourth-order valence-electron chi connectivity index (χ4n) is 5.46. The first kappa shape index (κ1) is 39.6. The van der Waals surface area contributed by atoms with Gasteiger partial charge in [-0.2, -0.15) is 0 Å². The maximum Gasteiger partial charge on any atom is 0.408 e. The summed E-state index contributed by atoms with van der Waals surface area (Å²) >= 11 is 0. The lowest BCUT2D eigenvalue weighted by atomic mass is 9.95. The van der Waals surface area contributed by atoms with Gasteiger partial charge < -0.3 is 30.1 Å². The van der Waals surface area contributed by atoms with E-state index in [4.69, 9.17) is 9.47 Å². The number of nitrogens with zero attached hydrogens (tertiary/aromatic N) is 1. The summed E-state index contributed by atoms with van der Waals surface area (Å²) in [6.07, 6.45) is -0.119. The SMILES string of the molecule is CCC(C)N(C(=O)C(Cc1ccccc1)NC(=O)OC(C)(C)C)C(C(=O)NC(Cc1ccccc1)C(=O)OC(C)(C)C)c1cccc(C)c1O. The Morgan fingerprint density at radius 2 is 1.26 bits per heavy atom. The van der Waals surface area contributed by atoms with Crippen LogP contribution in [-0.4, -0.2) is 63.2 Å². The largest absolute Gasteiger partial charge is 0.507 e. The second kappa shape index (κ2) is 17.2. The van der Waals surface area contributed by atoms with E-state index < -0.39 is 59.2 Å². The molecule has 4 unspecified atom stereocenters. The Morgan fingerprint density at radius 3 is 1.76 bits per heavy atom. The summed E-state index contributed by atoms with van der Waals surface area (Å²) in [5, 5.41) is 17.0. The highest BCUT2D eigenvalue weighted by Gasteiger charge is 2.41. The van der Waals surface area contributed by atoms with Gasteiger partial charge in [0.15, 0.2) is 0 Å². The number of esters is 1. The van der Waals surface area contributed by atoms with E-state index in [1.54, 1.807) is 73.6 Å². The fourth-order valence-corrected chi connectivity index (χ4v) is 5.46. The molecule has 50 heavy (non-hydrogen) atoms. The van der Waals surface area contributed by atoms with Crippen molar-refractivity contribution in [1.29, 1.82) is 0 Å². The molecule has 4 atom stereocenters. The van der Waals surface area contributed by atoms with Crippen LogP contribution in [0.15, 0.2) is 78.9 Å². The molecule has 3 rings (SSSR count). The van der Waals surface area contributed by atoms with Gasteiger partial charge in [-0.25, -0.2) is 9.59 Å². The number of hydrogen-bond acceptors (Lipinski definition) is 7. The number of phenolic OH excluding ortho intramolecular Hbond substituents is 1. The minimum Gasteiger partial charge on any atom is -0.507 e. The van der Waals surface area contributed by atoms with Crippen LogP contribution in [0.3, 0.4) is 0 Å². The minimum atomic E-state index is -1.39. The van der Waals surface area contributed by atoms with Crippen LogP contribution >= 0.6 is 0 Å². The summed E-state index contributed by atoms with van der Waals surface area (Å²) in [6, 6.07) is 19.2. The lowest BCUT2D eigenvalue weighted by Crippen LogP contribution is -2.57. The molecule has 3 amide bonds. The van der Waals surface area contributed by atoms with Crippen LogP contribution in [0, 0.1) is 6.92 Å². The van der Waals surface area contributed by atoms with E-state index in [0.29, 0.717) is 12.0 Å². The van der Waals surface area contributed by atoms with Gasteiger partial charge in [-0.15, -0.1) is 0 Å². The van der Waals surface area contributed by atoms with Crippen LogP contribution in [0.4, 0.5) is 4.79 Å². The van der Waals surface area contributed by atoms with E-state index in [9.17, 15) is 24.3 Å². The molecule has 0 bridgehead atoms. The number of ether oxygens (including phenoxy) is 2. The number of phenols is 1. The molecule has 0 heterocycles. The molecule has 0 radical (unpaired) electrons. The summed E-state index contributed by atoms with van der Waals surface area (Å²) in [5.74, 6) is -2.06. The molecular weight excluding hydrogens is 634 g/mol. The zero-order chi connectivity index (χ0) is 37.2. The highest BCUT2D eigenvalue weighted by Crippen LogP contribution is 2.34. The van der Waals surface area contributed by atoms with Gasteiger partial charge in [-0.3, -0.25) is 9.59 Å². The van der Waals surface area contributed by atoms with E-state index >= 15 is 0 Å². The molecule has 0 aliphatic carbocycles. The summed E-state index contributed by atoms with van der Waals surface area (Å²) in [5.41, 5.74) is 0.580. The molecule has 270 valence electrons. The number of nitrogens with one attached hydrogen (secondary N) is 2. The van der Waals surface area contributed by atoms with Crippen LogP contribution in [0.2, 0.25) is 0 Å². The topological polar surface area (TPSA) is 134 Å². The highest BCUT2D eigenvalue weighted by molar-refractivity contribution is 5.94. The molecule has 10 nitrogen and oxygen atoms in total. The molecule has 0 spiro atoms. The van der Waals surface area contributed by atoms with Crippen molar-refractivity contribution in [3.05, 3.63) is 101 Å². The highest BCUT2D eigenvalue weighted by atomic mass is 16.6. The number of alkyl carbamates (subject to hydrolysis) is 1. The normalized spacial score (nSPS) is 14.0. The number of amides is 3. The first-order chi connectivity index (χ1) is 23.4. The van der Waals surface area contributed by atoms with E-state index in [1.807, 2.05) is 67.6 Å². The first-order valence-electron chi connectivity index (χ1n) is 17.1. The van der Waals surface area contributed by atoms with Crippen molar-refractivity contribution in [2.75, 3.05) is 0 Å². The molecule has 10 heteroatoms. The van der Waals surface area contributed by atoms with Gasteiger partial charge in [0, 0.05) is 24.4 Å². The maximum absolute atomic E-state index is 14.9. The number of aromatic hydroxyl groups is 1. The maximum atomic E-state index is 14.9. The van der Waals surface area contributed by atoms with Gasteiger partial charge in [0.2, 0.25) is 11.8 Å². The molecular formula is C40H53N3O7. The predicted octanol–water partition coefficient (Wildman–Crippen LogP) is 6.57. The number of carbonyl (C=O) groups is 4. The van der Waals surface area contributed by atoms with Crippen LogP contribution in [0.5, 0.6) is 5.75 Å². The molecule has 0 saturated carbocycles. The predicted molar refractivity (Wildman–Crippen MR) is 193 cm³/mol. The number of hydrogen-bond donors (Lipinski definition) is 3. The number of aryl methyl sites for hydroxylation is 1. The third-order valence-electron chi connectivity index (χ3n) is 7.97. The van der Waals surface area contributed by atoms with E-state index in [1.165, 1.54) is 4.90 Å². The Morgan fingerprint density at radius 1 is 0.740 bits per heavy atom. The Kier molecular flexibility index (Phi) is 13.6. The van der Waals surface area contributed by atoms with Gasteiger partial charge >= 0.3 is 12.1 Å². The first-order valence-corrected chi connectivity index (χ1v) is 17.1.